The van der Waals surface area contributed by atoms with Gasteiger partial charge in [0.1, 0.15) is 11.4 Å². The minimum atomic E-state index is -5.08. The van der Waals surface area contributed by atoms with Crippen LogP contribution < -0.4 is 9.04 Å². The number of halogens is 7. The van der Waals surface area contributed by atoms with Crippen LogP contribution in [0.25, 0.3) is 10.8 Å². The number of nitrogens with zero attached hydrogens (tertiary/aromatic N) is 3. The number of fused-ring (bicyclic) bond motifs is 1. The van der Waals surface area contributed by atoms with Crippen LogP contribution in [0.2, 0.25) is 0 Å². The Balaban J connectivity index is 0.000000532. The van der Waals surface area contributed by atoms with Crippen LogP contribution in [0.3, 0.4) is 0 Å². The van der Waals surface area contributed by atoms with Crippen LogP contribution in [-0.4, -0.2) is 42.7 Å². The van der Waals surface area contributed by atoms with Crippen molar-refractivity contribution in [3.8, 4) is 5.75 Å². The van der Waals surface area contributed by atoms with E-state index in [1.165, 1.54) is 18.3 Å². The van der Waals surface area contributed by atoms with Gasteiger partial charge in [0.15, 0.2) is 5.13 Å². The van der Waals surface area contributed by atoms with E-state index in [2.05, 4.69) is 9.97 Å². The lowest BCUT2D eigenvalue weighted by Crippen LogP contribution is -2.27. The third-order valence-electron chi connectivity index (χ3n) is 4.76. The first kappa shape index (κ1) is 29.6. The maximum Gasteiger partial charge on any atom is 0.490 e. The predicted molar refractivity (Wildman–Crippen MR) is 125 cm³/mol. The molecule has 0 radical (unpaired) electrons. The highest BCUT2D eigenvalue weighted by Gasteiger charge is 2.38. The number of thiazole rings is 1. The molecule has 0 fully saturated rings. The molecule has 0 atom stereocenters. The summed E-state index contributed by atoms with van der Waals surface area (Å²) in [7, 11) is -3.33. The second kappa shape index (κ2) is 11.0. The lowest BCUT2D eigenvalue weighted by atomic mass is 10.2. The number of carbonyl (C=O) groups is 1. The summed E-state index contributed by atoms with van der Waals surface area (Å²) >= 11 is 0.426. The van der Waals surface area contributed by atoms with Crippen LogP contribution in [-0.2, 0) is 21.0 Å². The smallest absolute Gasteiger partial charge is 0.490 e. The summed E-state index contributed by atoms with van der Waals surface area (Å²) in [5.74, 6) is -3.13. The zero-order valence-electron chi connectivity index (χ0n) is 19.2. The fourth-order valence-corrected chi connectivity index (χ4v) is 5.39. The summed E-state index contributed by atoms with van der Waals surface area (Å²) in [6.07, 6.45) is -5.88. The summed E-state index contributed by atoms with van der Waals surface area (Å²) in [4.78, 5) is 16.5. The molecule has 208 valence electrons. The van der Waals surface area contributed by atoms with Crippen molar-refractivity contribution in [1.29, 1.82) is 0 Å². The van der Waals surface area contributed by atoms with Crippen molar-refractivity contribution < 1.29 is 53.8 Å². The fourth-order valence-electron chi connectivity index (χ4n) is 3.02. The second-order valence-corrected chi connectivity index (χ2v) is 10.0. The van der Waals surface area contributed by atoms with Gasteiger partial charge in [-0.2, -0.15) is 30.7 Å². The number of hydrogen-bond acceptors (Lipinski definition) is 7. The molecule has 0 aliphatic rings. The molecule has 1 N–H and O–H groups in total. The van der Waals surface area contributed by atoms with Gasteiger partial charge >= 0.3 is 18.3 Å². The molecule has 0 bridgehead atoms. The normalized spacial score (nSPS) is 12.0. The Hall–Kier alpha value is -3.99. The number of hydrogen-bond donors (Lipinski definition) is 1. The minimum Gasteiger partial charge on any atom is -0.495 e. The molecular formula is C22H14F7N3O5S2. The number of carboxylic acid groups (broad SMARTS) is 1. The van der Waals surface area contributed by atoms with Crippen molar-refractivity contribution in [2.75, 3.05) is 11.4 Å². The van der Waals surface area contributed by atoms with Crippen LogP contribution >= 0.6 is 11.3 Å². The van der Waals surface area contributed by atoms with Crippen molar-refractivity contribution in [3.05, 3.63) is 71.7 Å². The summed E-state index contributed by atoms with van der Waals surface area (Å²) < 4.78 is 118. The molecule has 0 unspecified atom stereocenters. The van der Waals surface area contributed by atoms with Crippen molar-refractivity contribution >= 4 is 48.9 Å². The number of benzene rings is 2. The Labute approximate surface area is 219 Å². The number of aromatic nitrogens is 2. The molecule has 0 aliphatic carbocycles. The van der Waals surface area contributed by atoms with E-state index < -0.39 is 39.0 Å². The topological polar surface area (TPSA) is 110 Å². The standard InChI is InChI=1S/C20H13F4N3O3S2.C2HF3O2/c1-30-17-9-14(20(22,23)24)3-5-16(17)27(19-26-11-18(21)31-19)32(28,29)15-4-2-13-10-25-7-6-12(13)8-15;3-2(4,5)1(6)7/h2-11H,1H3;(H,6,7). The Morgan fingerprint density at radius 1 is 1.00 bits per heavy atom. The van der Waals surface area contributed by atoms with Crippen LogP contribution in [0.5, 0.6) is 5.75 Å². The molecule has 2 heterocycles. The maximum absolute atomic E-state index is 13.8. The average Bonchev–Trinajstić information content (AvgIpc) is 3.28. The molecule has 2 aromatic carbocycles. The monoisotopic (exact) mass is 597 g/mol. The molecule has 0 saturated carbocycles. The number of rotatable bonds is 5. The average molecular weight is 597 g/mol. The summed E-state index contributed by atoms with van der Waals surface area (Å²) in [6.45, 7) is 0. The lowest BCUT2D eigenvalue weighted by Gasteiger charge is -2.24. The van der Waals surface area contributed by atoms with Gasteiger partial charge in [-0.1, -0.05) is 17.4 Å². The van der Waals surface area contributed by atoms with Crippen LogP contribution in [0.1, 0.15) is 5.56 Å². The minimum absolute atomic E-state index is 0.172. The van der Waals surface area contributed by atoms with E-state index in [4.69, 9.17) is 14.6 Å². The molecule has 8 nitrogen and oxygen atoms in total. The van der Waals surface area contributed by atoms with Crippen LogP contribution in [0.4, 0.5) is 41.6 Å². The number of anilines is 2. The number of pyridine rings is 1. The van der Waals surface area contributed by atoms with E-state index in [1.807, 2.05) is 0 Å². The van der Waals surface area contributed by atoms with Gasteiger partial charge in [-0.05, 0) is 41.8 Å². The van der Waals surface area contributed by atoms with E-state index in [0.717, 1.165) is 25.4 Å². The Morgan fingerprint density at radius 3 is 2.21 bits per heavy atom. The van der Waals surface area contributed by atoms with E-state index in [-0.39, 0.29) is 21.5 Å². The molecule has 4 rings (SSSR count). The first-order valence-electron chi connectivity index (χ1n) is 10.1. The van der Waals surface area contributed by atoms with Gasteiger partial charge < -0.3 is 9.84 Å². The number of sulfonamides is 1. The Morgan fingerprint density at radius 2 is 1.67 bits per heavy atom. The van der Waals surface area contributed by atoms with E-state index in [1.54, 1.807) is 18.3 Å². The largest absolute Gasteiger partial charge is 0.495 e. The van der Waals surface area contributed by atoms with Gasteiger partial charge in [-0.3, -0.25) is 4.98 Å². The first-order chi connectivity index (χ1) is 18.1. The number of methoxy groups -OCH3 is 1. The molecule has 2 aromatic heterocycles. The predicted octanol–water partition coefficient (Wildman–Crippen LogP) is 6.02. The number of alkyl halides is 6. The van der Waals surface area contributed by atoms with Crippen molar-refractivity contribution in [2.45, 2.75) is 17.2 Å². The molecule has 4 aromatic rings. The van der Waals surface area contributed by atoms with Crippen molar-refractivity contribution in [3.63, 3.8) is 0 Å². The van der Waals surface area contributed by atoms with Crippen LogP contribution in [0.15, 0.2) is 66.0 Å². The molecule has 39 heavy (non-hydrogen) atoms. The molecule has 17 heteroatoms. The van der Waals surface area contributed by atoms with Gasteiger partial charge in [0.2, 0.25) is 5.13 Å². The zero-order valence-corrected chi connectivity index (χ0v) is 20.8. The van der Waals surface area contributed by atoms with Gasteiger partial charge in [-0.25, -0.2) is 22.5 Å². The highest BCUT2D eigenvalue weighted by molar-refractivity contribution is 7.93. The number of carboxylic acids is 1. The Bertz CT molecular complexity index is 1610. The Kier molecular flexibility index (Phi) is 8.35. The third-order valence-corrected chi connectivity index (χ3v) is 7.34. The third kappa shape index (κ3) is 6.72. The highest BCUT2D eigenvalue weighted by atomic mass is 32.2. The number of ether oxygens (including phenoxy) is 1. The highest BCUT2D eigenvalue weighted by Crippen LogP contribution is 2.43. The molecule has 0 amide bonds. The maximum atomic E-state index is 13.8. The van der Waals surface area contributed by atoms with Crippen molar-refractivity contribution in [2.24, 2.45) is 0 Å². The quantitative estimate of drug-likeness (QED) is 0.280. The molecule has 0 spiro atoms. The first-order valence-corrected chi connectivity index (χ1v) is 12.4. The molecular weight excluding hydrogens is 583 g/mol. The SMILES string of the molecule is COc1cc(C(F)(F)F)ccc1N(c1ncc(F)s1)S(=O)(=O)c1ccc2cnccc2c1.O=C(O)C(F)(F)F. The fraction of sp³-hybridized carbons (Fsp3) is 0.136. The molecule has 0 saturated heterocycles. The summed E-state index contributed by atoms with van der Waals surface area (Å²) in [6, 6.07) is 8.21. The summed E-state index contributed by atoms with van der Waals surface area (Å²) in [5, 5.41) is 7.32. The van der Waals surface area contributed by atoms with Crippen LogP contribution in [0, 0.1) is 5.13 Å². The van der Waals surface area contributed by atoms with Gasteiger partial charge in [-0.15, -0.1) is 0 Å². The lowest BCUT2D eigenvalue weighted by molar-refractivity contribution is -0.192. The van der Waals surface area contributed by atoms with Crippen molar-refractivity contribution in [1.82, 2.24) is 9.97 Å². The summed E-state index contributed by atoms with van der Waals surface area (Å²) in [5.41, 5.74) is -1.27. The van der Waals surface area contributed by atoms with Gasteiger partial charge in [0, 0.05) is 17.8 Å². The van der Waals surface area contributed by atoms with Gasteiger partial charge in [0.05, 0.1) is 23.8 Å². The zero-order chi connectivity index (χ0) is 29.2. The molecule has 0 aliphatic heterocycles. The van der Waals surface area contributed by atoms with Gasteiger partial charge in [0.25, 0.3) is 10.0 Å². The van der Waals surface area contributed by atoms with E-state index in [9.17, 15) is 39.2 Å². The van der Waals surface area contributed by atoms with E-state index >= 15 is 0 Å². The number of aliphatic carboxylic acids is 1. The second-order valence-electron chi connectivity index (χ2n) is 7.29. The van der Waals surface area contributed by atoms with E-state index in [0.29, 0.717) is 32.5 Å².